The van der Waals surface area contributed by atoms with Gasteiger partial charge >= 0.3 is 0 Å². The van der Waals surface area contributed by atoms with Crippen molar-refractivity contribution in [2.75, 3.05) is 13.1 Å². The number of aliphatic hydroxyl groups excluding tert-OH is 1. The van der Waals surface area contributed by atoms with E-state index in [1.54, 1.807) is 30.7 Å². The molecule has 0 aliphatic carbocycles. The van der Waals surface area contributed by atoms with E-state index in [0.29, 0.717) is 0 Å². The number of ether oxygens (including phenoxy) is 1. The summed E-state index contributed by atoms with van der Waals surface area (Å²) in [5, 5.41) is 10.7. The third-order valence-corrected chi connectivity index (χ3v) is 5.29. The molecule has 0 amide bonds. The van der Waals surface area contributed by atoms with E-state index in [4.69, 9.17) is 4.74 Å². The van der Waals surface area contributed by atoms with E-state index < -0.39 is 6.10 Å². The van der Waals surface area contributed by atoms with Gasteiger partial charge in [0, 0.05) is 37.2 Å². The number of aliphatic hydroxyl groups is 1. The number of hydrogen-bond acceptors (Lipinski definition) is 6. The van der Waals surface area contributed by atoms with Crippen LogP contribution in [0, 0.1) is 6.92 Å². The molecule has 3 rings (SSSR count). The van der Waals surface area contributed by atoms with Crippen LogP contribution >= 0.6 is 11.3 Å². The average molecular weight is 333 g/mol. The summed E-state index contributed by atoms with van der Waals surface area (Å²) in [5.41, 5.74) is 1.09. The molecule has 2 aromatic heterocycles. The Morgan fingerprint density at radius 2 is 2.17 bits per heavy atom. The van der Waals surface area contributed by atoms with Crippen molar-refractivity contribution in [2.45, 2.75) is 45.4 Å². The molecule has 6 heteroatoms. The predicted octanol–water partition coefficient (Wildman–Crippen LogP) is 2.94. The van der Waals surface area contributed by atoms with Crippen molar-refractivity contribution in [3.63, 3.8) is 0 Å². The van der Waals surface area contributed by atoms with Crippen molar-refractivity contribution in [1.82, 2.24) is 14.9 Å². The summed E-state index contributed by atoms with van der Waals surface area (Å²) in [5.74, 6) is 0.944. The van der Waals surface area contributed by atoms with Gasteiger partial charge in [-0.1, -0.05) is 0 Å². The Labute approximate surface area is 141 Å². The van der Waals surface area contributed by atoms with Crippen LogP contribution in [0.1, 0.15) is 41.3 Å². The molecule has 1 N–H and O–H groups in total. The highest BCUT2D eigenvalue weighted by atomic mass is 32.1. The first-order chi connectivity index (χ1) is 11.1. The second-order valence-electron chi connectivity index (χ2n) is 6.07. The molecule has 1 unspecified atom stereocenters. The van der Waals surface area contributed by atoms with Crippen LogP contribution in [-0.2, 0) is 6.54 Å². The first-order valence-corrected chi connectivity index (χ1v) is 8.86. The summed E-state index contributed by atoms with van der Waals surface area (Å²) in [6.07, 6.45) is 7.30. The summed E-state index contributed by atoms with van der Waals surface area (Å²) in [7, 11) is 0. The van der Waals surface area contributed by atoms with E-state index in [1.807, 2.05) is 19.2 Å². The van der Waals surface area contributed by atoms with Crippen LogP contribution in [0.4, 0.5) is 0 Å². The standard InChI is InChI=1S/C17H23N3O2S/c1-12-9-18-6-3-15(12)22-14-4-7-20(8-5-14)11-17-19-10-16(23-17)13(2)21/h3,6,9-10,13-14,21H,4-5,7-8,11H2,1-2H3. The van der Waals surface area contributed by atoms with Crippen molar-refractivity contribution in [3.05, 3.63) is 40.1 Å². The van der Waals surface area contributed by atoms with Crippen LogP contribution in [-0.4, -0.2) is 39.2 Å². The van der Waals surface area contributed by atoms with Crippen LogP contribution in [0.3, 0.4) is 0 Å². The molecular formula is C17H23N3O2S. The van der Waals surface area contributed by atoms with Crippen LogP contribution in [0.25, 0.3) is 0 Å². The molecule has 1 saturated heterocycles. The lowest BCUT2D eigenvalue weighted by Gasteiger charge is -2.31. The van der Waals surface area contributed by atoms with Crippen LogP contribution in [0.5, 0.6) is 5.75 Å². The molecular weight excluding hydrogens is 310 g/mol. The minimum Gasteiger partial charge on any atom is -0.490 e. The molecule has 23 heavy (non-hydrogen) atoms. The van der Waals surface area contributed by atoms with Crippen molar-refractivity contribution < 1.29 is 9.84 Å². The van der Waals surface area contributed by atoms with Gasteiger partial charge in [-0.15, -0.1) is 11.3 Å². The summed E-state index contributed by atoms with van der Waals surface area (Å²) >= 11 is 1.60. The van der Waals surface area contributed by atoms with Gasteiger partial charge in [0.05, 0.1) is 17.5 Å². The lowest BCUT2D eigenvalue weighted by atomic mass is 10.1. The maximum absolute atomic E-state index is 9.58. The van der Waals surface area contributed by atoms with E-state index in [9.17, 15) is 5.11 Å². The molecule has 0 spiro atoms. The van der Waals surface area contributed by atoms with Gasteiger partial charge in [-0.25, -0.2) is 4.98 Å². The van der Waals surface area contributed by atoms with Crippen molar-refractivity contribution in [3.8, 4) is 5.75 Å². The zero-order valence-electron chi connectivity index (χ0n) is 13.6. The Bertz CT molecular complexity index is 636. The number of aryl methyl sites for hydroxylation is 1. The molecule has 1 fully saturated rings. The second kappa shape index (κ2) is 7.38. The number of aromatic nitrogens is 2. The molecule has 0 bridgehead atoms. The summed E-state index contributed by atoms with van der Waals surface area (Å²) < 4.78 is 6.11. The van der Waals surface area contributed by atoms with Gasteiger partial charge in [0.25, 0.3) is 0 Å². The summed E-state index contributed by atoms with van der Waals surface area (Å²) in [6.45, 7) is 6.69. The number of thiazole rings is 1. The van der Waals surface area contributed by atoms with Gasteiger partial charge in [-0.2, -0.15) is 0 Å². The topological polar surface area (TPSA) is 58.5 Å². The van der Waals surface area contributed by atoms with Crippen molar-refractivity contribution >= 4 is 11.3 Å². The SMILES string of the molecule is Cc1cnccc1OC1CCN(Cc2ncc(C(C)O)s2)CC1. The number of rotatable bonds is 5. The molecule has 3 heterocycles. The average Bonchev–Trinajstić information content (AvgIpc) is 3.00. The minimum atomic E-state index is -0.427. The Balaban J connectivity index is 1.49. The Morgan fingerprint density at radius 3 is 2.83 bits per heavy atom. The van der Waals surface area contributed by atoms with E-state index in [0.717, 1.165) is 53.7 Å². The number of pyridine rings is 1. The fourth-order valence-corrected chi connectivity index (χ4v) is 3.64. The molecule has 2 aromatic rings. The van der Waals surface area contributed by atoms with E-state index in [2.05, 4.69) is 14.9 Å². The fraction of sp³-hybridized carbons (Fsp3) is 0.529. The molecule has 124 valence electrons. The highest BCUT2D eigenvalue weighted by Crippen LogP contribution is 2.24. The third-order valence-electron chi connectivity index (χ3n) is 4.14. The van der Waals surface area contributed by atoms with Gasteiger partial charge in [-0.05, 0) is 32.8 Å². The van der Waals surface area contributed by atoms with Crippen molar-refractivity contribution in [2.24, 2.45) is 0 Å². The normalized spacial score (nSPS) is 18.0. The number of piperidine rings is 1. The smallest absolute Gasteiger partial charge is 0.125 e. The first kappa shape index (κ1) is 16.4. The van der Waals surface area contributed by atoms with Gasteiger partial charge in [0.15, 0.2) is 0 Å². The van der Waals surface area contributed by atoms with E-state index in [-0.39, 0.29) is 6.10 Å². The number of hydrogen-bond donors (Lipinski definition) is 1. The maximum Gasteiger partial charge on any atom is 0.125 e. The first-order valence-electron chi connectivity index (χ1n) is 8.04. The highest BCUT2D eigenvalue weighted by Gasteiger charge is 2.22. The zero-order valence-corrected chi connectivity index (χ0v) is 14.4. The molecule has 0 saturated carbocycles. The third kappa shape index (κ3) is 4.28. The van der Waals surface area contributed by atoms with Crippen molar-refractivity contribution in [1.29, 1.82) is 0 Å². The molecule has 5 nitrogen and oxygen atoms in total. The van der Waals surface area contributed by atoms with Crippen LogP contribution in [0.15, 0.2) is 24.7 Å². The Morgan fingerprint density at radius 1 is 1.39 bits per heavy atom. The Kier molecular flexibility index (Phi) is 5.25. The van der Waals surface area contributed by atoms with E-state index >= 15 is 0 Å². The maximum atomic E-state index is 9.58. The lowest BCUT2D eigenvalue weighted by Crippen LogP contribution is -2.37. The monoisotopic (exact) mass is 333 g/mol. The highest BCUT2D eigenvalue weighted by molar-refractivity contribution is 7.11. The molecule has 1 atom stereocenters. The van der Waals surface area contributed by atoms with Crippen LogP contribution < -0.4 is 4.74 Å². The van der Waals surface area contributed by atoms with E-state index in [1.165, 1.54) is 0 Å². The largest absolute Gasteiger partial charge is 0.490 e. The predicted molar refractivity (Wildman–Crippen MR) is 90.6 cm³/mol. The molecule has 0 aromatic carbocycles. The fourth-order valence-electron chi connectivity index (χ4n) is 2.74. The number of likely N-dealkylation sites (tertiary alicyclic amines) is 1. The summed E-state index contributed by atoms with van der Waals surface area (Å²) in [4.78, 5) is 11.9. The lowest BCUT2D eigenvalue weighted by molar-refractivity contribution is 0.0961. The molecule has 0 radical (unpaired) electrons. The minimum absolute atomic E-state index is 0.275. The Hall–Kier alpha value is -1.50. The summed E-state index contributed by atoms with van der Waals surface area (Å²) in [6, 6.07) is 1.94. The van der Waals surface area contributed by atoms with Gasteiger partial charge in [0.2, 0.25) is 0 Å². The molecule has 1 aliphatic heterocycles. The quantitative estimate of drug-likeness (QED) is 0.912. The van der Waals surface area contributed by atoms with Gasteiger partial charge < -0.3 is 9.84 Å². The molecule has 1 aliphatic rings. The van der Waals surface area contributed by atoms with Gasteiger partial charge in [0.1, 0.15) is 16.9 Å². The van der Waals surface area contributed by atoms with Gasteiger partial charge in [-0.3, -0.25) is 9.88 Å². The zero-order chi connectivity index (χ0) is 16.2. The second-order valence-corrected chi connectivity index (χ2v) is 7.21. The number of nitrogens with zero attached hydrogens (tertiary/aromatic N) is 3. The van der Waals surface area contributed by atoms with Crippen LogP contribution in [0.2, 0.25) is 0 Å².